The number of hydrogen-bond acceptors (Lipinski definition) is 4. The third kappa shape index (κ3) is 4.03. The Bertz CT molecular complexity index is 541. The second-order valence-corrected chi connectivity index (χ2v) is 5.25. The van der Waals surface area contributed by atoms with Crippen molar-refractivity contribution in [3.63, 3.8) is 0 Å². The van der Waals surface area contributed by atoms with Gasteiger partial charge in [0.05, 0.1) is 23.3 Å². The Labute approximate surface area is 116 Å². The molecular weight excluding hydrogens is 260 g/mol. The highest BCUT2D eigenvalue weighted by atomic mass is 32.1. The van der Waals surface area contributed by atoms with E-state index in [1.165, 1.54) is 0 Å². The molecule has 6 heteroatoms. The van der Waals surface area contributed by atoms with Crippen LogP contribution in [0.4, 0.5) is 4.79 Å². The molecule has 0 bridgehead atoms. The molecule has 0 radical (unpaired) electrons. The van der Waals surface area contributed by atoms with Crippen LogP contribution in [0, 0.1) is 6.92 Å². The number of pyridine rings is 1. The SMILES string of the molecule is Cc1nc(CNC(=O)N[C@@H](C)c2ccncc2)cs1. The molecular formula is C13H16N4OS. The lowest BCUT2D eigenvalue weighted by Gasteiger charge is -2.14. The zero-order valence-electron chi connectivity index (χ0n) is 10.9. The van der Waals surface area contributed by atoms with Gasteiger partial charge in [0.1, 0.15) is 0 Å². The Morgan fingerprint density at radius 2 is 2.16 bits per heavy atom. The van der Waals surface area contributed by atoms with Gasteiger partial charge >= 0.3 is 6.03 Å². The fourth-order valence-corrected chi connectivity index (χ4v) is 2.26. The van der Waals surface area contributed by atoms with E-state index >= 15 is 0 Å². The van der Waals surface area contributed by atoms with Gasteiger partial charge in [0.2, 0.25) is 0 Å². The number of aromatic nitrogens is 2. The van der Waals surface area contributed by atoms with Gasteiger partial charge in [-0.3, -0.25) is 4.98 Å². The fourth-order valence-electron chi connectivity index (χ4n) is 1.64. The number of amides is 2. The van der Waals surface area contributed by atoms with Crippen LogP contribution in [0.2, 0.25) is 0 Å². The maximum Gasteiger partial charge on any atom is 0.315 e. The number of thiazole rings is 1. The molecule has 0 unspecified atom stereocenters. The molecule has 1 atom stereocenters. The van der Waals surface area contributed by atoms with Crippen molar-refractivity contribution in [3.05, 3.63) is 46.2 Å². The summed E-state index contributed by atoms with van der Waals surface area (Å²) in [6.07, 6.45) is 3.42. The lowest BCUT2D eigenvalue weighted by molar-refractivity contribution is 0.237. The van der Waals surface area contributed by atoms with Crippen LogP contribution in [0.1, 0.15) is 29.2 Å². The van der Waals surface area contributed by atoms with Crippen LogP contribution in [0.5, 0.6) is 0 Å². The van der Waals surface area contributed by atoms with Crippen LogP contribution < -0.4 is 10.6 Å². The van der Waals surface area contributed by atoms with Gasteiger partial charge in [-0.05, 0) is 31.5 Å². The predicted molar refractivity (Wildman–Crippen MR) is 74.9 cm³/mol. The van der Waals surface area contributed by atoms with E-state index in [0.717, 1.165) is 16.3 Å². The van der Waals surface area contributed by atoms with Crippen LogP contribution in [-0.2, 0) is 6.54 Å². The number of hydrogen-bond donors (Lipinski definition) is 2. The van der Waals surface area contributed by atoms with Gasteiger partial charge in [0, 0.05) is 17.8 Å². The molecule has 2 aromatic rings. The van der Waals surface area contributed by atoms with Crippen molar-refractivity contribution in [2.45, 2.75) is 26.4 Å². The van der Waals surface area contributed by atoms with Gasteiger partial charge in [-0.15, -0.1) is 11.3 Å². The Kier molecular flexibility index (Phi) is 4.46. The maximum atomic E-state index is 11.7. The summed E-state index contributed by atoms with van der Waals surface area (Å²) in [5.74, 6) is 0. The zero-order valence-corrected chi connectivity index (χ0v) is 11.7. The van der Waals surface area contributed by atoms with E-state index in [1.807, 2.05) is 31.4 Å². The van der Waals surface area contributed by atoms with Crippen LogP contribution in [0.25, 0.3) is 0 Å². The summed E-state index contributed by atoms with van der Waals surface area (Å²) in [7, 11) is 0. The molecule has 2 heterocycles. The number of nitrogens with zero attached hydrogens (tertiary/aromatic N) is 2. The highest BCUT2D eigenvalue weighted by Gasteiger charge is 2.09. The zero-order chi connectivity index (χ0) is 13.7. The smallest absolute Gasteiger partial charge is 0.315 e. The number of nitrogens with one attached hydrogen (secondary N) is 2. The molecule has 2 amide bonds. The first-order valence-electron chi connectivity index (χ1n) is 6.00. The molecule has 0 spiro atoms. The monoisotopic (exact) mass is 276 g/mol. The molecule has 19 heavy (non-hydrogen) atoms. The fraction of sp³-hybridized carbons (Fsp3) is 0.308. The lowest BCUT2D eigenvalue weighted by atomic mass is 10.1. The van der Waals surface area contributed by atoms with Gasteiger partial charge < -0.3 is 10.6 Å². The summed E-state index contributed by atoms with van der Waals surface area (Å²) >= 11 is 1.58. The van der Waals surface area contributed by atoms with Gasteiger partial charge in [0.25, 0.3) is 0 Å². The summed E-state index contributed by atoms with van der Waals surface area (Å²) in [5, 5.41) is 8.61. The third-order valence-electron chi connectivity index (χ3n) is 2.65. The van der Waals surface area contributed by atoms with Crippen molar-refractivity contribution in [2.75, 3.05) is 0 Å². The van der Waals surface area contributed by atoms with E-state index in [0.29, 0.717) is 6.54 Å². The minimum Gasteiger partial charge on any atom is -0.332 e. The maximum absolute atomic E-state index is 11.7. The Morgan fingerprint density at radius 1 is 1.42 bits per heavy atom. The van der Waals surface area contributed by atoms with Gasteiger partial charge in [-0.2, -0.15) is 0 Å². The second-order valence-electron chi connectivity index (χ2n) is 4.19. The molecule has 0 aromatic carbocycles. The molecule has 0 saturated heterocycles. The highest BCUT2D eigenvalue weighted by molar-refractivity contribution is 7.09. The topological polar surface area (TPSA) is 66.9 Å². The molecule has 2 N–H and O–H groups in total. The molecule has 0 aliphatic carbocycles. The minimum atomic E-state index is -0.199. The van der Waals surface area contributed by atoms with Gasteiger partial charge in [0.15, 0.2) is 0 Å². The van der Waals surface area contributed by atoms with E-state index in [-0.39, 0.29) is 12.1 Å². The summed E-state index contributed by atoms with van der Waals surface area (Å²) in [5.41, 5.74) is 1.91. The van der Waals surface area contributed by atoms with Crippen LogP contribution in [0.15, 0.2) is 29.9 Å². The standard InChI is InChI=1S/C13H16N4OS/c1-9(11-3-5-14-6-4-11)16-13(18)15-7-12-8-19-10(2)17-12/h3-6,8-9H,7H2,1-2H3,(H2,15,16,18)/t9-/m0/s1. The Hall–Kier alpha value is -1.95. The number of carbonyl (C=O) groups excluding carboxylic acids is 1. The Morgan fingerprint density at radius 3 is 2.79 bits per heavy atom. The minimum absolute atomic E-state index is 0.0554. The van der Waals surface area contributed by atoms with E-state index in [1.54, 1.807) is 23.7 Å². The first-order chi connectivity index (χ1) is 9.15. The van der Waals surface area contributed by atoms with Crippen LogP contribution >= 0.6 is 11.3 Å². The molecule has 2 rings (SSSR count). The highest BCUT2D eigenvalue weighted by Crippen LogP contribution is 2.10. The molecule has 2 aromatic heterocycles. The second kappa shape index (κ2) is 6.29. The van der Waals surface area contributed by atoms with Gasteiger partial charge in [-0.1, -0.05) is 0 Å². The van der Waals surface area contributed by atoms with E-state index in [2.05, 4.69) is 20.6 Å². The van der Waals surface area contributed by atoms with Crippen molar-refractivity contribution in [2.24, 2.45) is 0 Å². The lowest BCUT2D eigenvalue weighted by Crippen LogP contribution is -2.36. The average Bonchev–Trinajstić information content (AvgIpc) is 2.83. The normalized spacial score (nSPS) is 11.9. The molecule has 0 fully saturated rings. The summed E-state index contributed by atoms with van der Waals surface area (Å²) in [4.78, 5) is 20.0. The number of rotatable bonds is 4. The molecule has 100 valence electrons. The molecule has 0 aliphatic heterocycles. The summed E-state index contributed by atoms with van der Waals surface area (Å²) in [6.45, 7) is 4.32. The third-order valence-corrected chi connectivity index (χ3v) is 3.47. The van der Waals surface area contributed by atoms with E-state index < -0.39 is 0 Å². The van der Waals surface area contributed by atoms with Crippen LogP contribution in [0.3, 0.4) is 0 Å². The molecule has 0 saturated carbocycles. The van der Waals surface area contributed by atoms with Crippen molar-refractivity contribution in [3.8, 4) is 0 Å². The van der Waals surface area contributed by atoms with Crippen LogP contribution in [-0.4, -0.2) is 16.0 Å². The first kappa shape index (κ1) is 13.5. The predicted octanol–water partition coefficient (Wildman–Crippen LogP) is 2.41. The van der Waals surface area contributed by atoms with Crippen molar-refractivity contribution in [1.82, 2.24) is 20.6 Å². The number of urea groups is 1. The Balaban J connectivity index is 1.81. The van der Waals surface area contributed by atoms with Crippen molar-refractivity contribution in [1.29, 1.82) is 0 Å². The molecule has 5 nitrogen and oxygen atoms in total. The number of carbonyl (C=O) groups is 1. The molecule has 0 aliphatic rings. The summed E-state index contributed by atoms with van der Waals surface area (Å²) in [6, 6.07) is 3.51. The van der Waals surface area contributed by atoms with Crippen molar-refractivity contribution < 1.29 is 4.79 Å². The van der Waals surface area contributed by atoms with Gasteiger partial charge in [-0.25, -0.2) is 9.78 Å². The first-order valence-corrected chi connectivity index (χ1v) is 6.88. The largest absolute Gasteiger partial charge is 0.332 e. The average molecular weight is 276 g/mol. The van der Waals surface area contributed by atoms with E-state index in [4.69, 9.17) is 0 Å². The quantitative estimate of drug-likeness (QED) is 0.901. The summed E-state index contributed by atoms with van der Waals surface area (Å²) < 4.78 is 0. The number of aryl methyl sites for hydroxylation is 1. The van der Waals surface area contributed by atoms with E-state index in [9.17, 15) is 4.79 Å². The van der Waals surface area contributed by atoms with Crippen molar-refractivity contribution >= 4 is 17.4 Å².